The van der Waals surface area contributed by atoms with Gasteiger partial charge in [-0.25, -0.2) is 9.59 Å². The van der Waals surface area contributed by atoms with Crippen molar-refractivity contribution in [2.75, 3.05) is 0 Å². The van der Waals surface area contributed by atoms with Gasteiger partial charge in [-0.15, -0.1) is 0 Å². The number of carboxylic acid groups (broad SMARTS) is 1. The van der Waals surface area contributed by atoms with E-state index in [0.717, 1.165) is 16.5 Å². The third kappa shape index (κ3) is 4.26. The summed E-state index contributed by atoms with van der Waals surface area (Å²) in [6.07, 6.45) is 2.00. The monoisotopic (exact) mass is 447 g/mol. The molecule has 2 atom stereocenters. The number of aryl methyl sites for hydroxylation is 1. The highest BCUT2D eigenvalue weighted by Gasteiger charge is 2.26. The average Bonchev–Trinajstić information content (AvgIpc) is 3.22. The van der Waals surface area contributed by atoms with E-state index in [0.29, 0.717) is 28.5 Å². The predicted octanol–water partition coefficient (Wildman–Crippen LogP) is 4.67. The van der Waals surface area contributed by atoms with Crippen molar-refractivity contribution in [1.29, 1.82) is 0 Å². The minimum atomic E-state index is -1.10. The predicted molar refractivity (Wildman–Crippen MR) is 125 cm³/mol. The number of carboxylic acids is 1. The van der Waals surface area contributed by atoms with Crippen LogP contribution in [0.1, 0.15) is 31.4 Å². The Labute approximate surface area is 190 Å². The molecule has 4 rings (SSSR count). The molecule has 0 saturated heterocycles. The highest BCUT2D eigenvalue weighted by atomic mass is 16.4. The summed E-state index contributed by atoms with van der Waals surface area (Å²) < 4.78 is 11.2. The number of nitrogens with one attached hydrogen (secondary N) is 1. The quantitative estimate of drug-likeness (QED) is 0.398. The lowest BCUT2D eigenvalue weighted by molar-refractivity contribution is -0.143. The minimum absolute atomic E-state index is 0.206. The van der Waals surface area contributed by atoms with Crippen LogP contribution in [0.15, 0.2) is 62.4 Å². The fourth-order valence-corrected chi connectivity index (χ4v) is 4.02. The maximum absolute atomic E-state index is 12.7. The van der Waals surface area contributed by atoms with E-state index in [1.165, 1.54) is 0 Å². The number of benzene rings is 2. The molecule has 2 heterocycles. The standard InChI is InChI=1S/C26H25NO6/c1-4-14(2)24(25(29)30)27-23(28)11-18-15(3)17-10-19-20(16-8-6-5-7-9-16)13-32-21(19)12-22(17)33-26(18)31/h5-10,12-14,24H,4,11H2,1-3H3,(H,27,28)(H,29,30)/t14-,24+/m1/s1. The second kappa shape index (κ2) is 8.94. The van der Waals surface area contributed by atoms with Gasteiger partial charge in [0.1, 0.15) is 17.2 Å². The summed E-state index contributed by atoms with van der Waals surface area (Å²) in [4.78, 5) is 36.8. The van der Waals surface area contributed by atoms with E-state index in [-0.39, 0.29) is 17.9 Å². The fraction of sp³-hybridized carbons (Fsp3) is 0.269. The Morgan fingerprint density at radius 3 is 2.48 bits per heavy atom. The van der Waals surface area contributed by atoms with Gasteiger partial charge in [0.05, 0.1) is 18.2 Å². The molecule has 7 heteroatoms. The lowest BCUT2D eigenvalue weighted by Crippen LogP contribution is -2.45. The van der Waals surface area contributed by atoms with Gasteiger partial charge in [-0.1, -0.05) is 50.6 Å². The van der Waals surface area contributed by atoms with Crippen LogP contribution in [0.4, 0.5) is 0 Å². The van der Waals surface area contributed by atoms with Crippen LogP contribution in [-0.4, -0.2) is 23.0 Å². The zero-order chi connectivity index (χ0) is 23.7. The van der Waals surface area contributed by atoms with Crippen LogP contribution >= 0.6 is 0 Å². The SMILES string of the molecule is CC[C@@H](C)[C@H](NC(=O)Cc1c(C)c2cc3c(-c4ccccc4)coc3cc2oc1=O)C(=O)O. The fourth-order valence-electron chi connectivity index (χ4n) is 4.02. The molecule has 170 valence electrons. The Hall–Kier alpha value is -3.87. The van der Waals surface area contributed by atoms with Crippen molar-refractivity contribution < 1.29 is 23.5 Å². The molecule has 0 aliphatic rings. The van der Waals surface area contributed by atoms with Crippen molar-refractivity contribution in [3.05, 3.63) is 70.3 Å². The Morgan fingerprint density at radius 1 is 1.09 bits per heavy atom. The second-order valence-electron chi connectivity index (χ2n) is 8.30. The first-order valence-electron chi connectivity index (χ1n) is 10.8. The van der Waals surface area contributed by atoms with E-state index in [2.05, 4.69) is 5.32 Å². The Kier molecular flexibility index (Phi) is 6.05. The number of hydrogen-bond donors (Lipinski definition) is 2. The van der Waals surface area contributed by atoms with Crippen molar-refractivity contribution >= 4 is 33.8 Å². The first kappa shape index (κ1) is 22.3. The molecule has 2 N–H and O–H groups in total. The molecule has 0 aliphatic heterocycles. The van der Waals surface area contributed by atoms with Gasteiger partial charge in [-0.2, -0.15) is 0 Å². The van der Waals surface area contributed by atoms with Gasteiger partial charge in [0, 0.05) is 22.4 Å². The number of aliphatic carboxylic acids is 1. The molecule has 0 unspecified atom stereocenters. The zero-order valence-corrected chi connectivity index (χ0v) is 18.7. The minimum Gasteiger partial charge on any atom is -0.480 e. The van der Waals surface area contributed by atoms with Crippen LogP contribution < -0.4 is 10.9 Å². The molecule has 2 aromatic heterocycles. The number of fused-ring (bicyclic) bond motifs is 2. The van der Waals surface area contributed by atoms with E-state index in [9.17, 15) is 19.5 Å². The normalized spacial score (nSPS) is 13.2. The summed E-state index contributed by atoms with van der Waals surface area (Å²) >= 11 is 0. The Bertz CT molecular complexity index is 1400. The summed E-state index contributed by atoms with van der Waals surface area (Å²) in [6.45, 7) is 5.38. The molecule has 0 bridgehead atoms. The van der Waals surface area contributed by atoms with Gasteiger partial charge >= 0.3 is 11.6 Å². The molecule has 0 fully saturated rings. The summed E-state index contributed by atoms with van der Waals surface area (Å²) in [7, 11) is 0. The Morgan fingerprint density at radius 2 is 1.82 bits per heavy atom. The van der Waals surface area contributed by atoms with Crippen LogP contribution in [0.3, 0.4) is 0 Å². The molecule has 1 amide bonds. The van der Waals surface area contributed by atoms with E-state index >= 15 is 0 Å². The number of carbonyl (C=O) groups excluding carboxylic acids is 1. The van der Waals surface area contributed by atoms with Crippen LogP contribution in [0.25, 0.3) is 33.1 Å². The van der Waals surface area contributed by atoms with Crippen LogP contribution in [0, 0.1) is 12.8 Å². The molecular formula is C26H25NO6. The van der Waals surface area contributed by atoms with Crippen molar-refractivity contribution in [3.63, 3.8) is 0 Å². The highest BCUT2D eigenvalue weighted by molar-refractivity contribution is 6.02. The lowest BCUT2D eigenvalue weighted by Gasteiger charge is -2.20. The maximum Gasteiger partial charge on any atom is 0.340 e. The van der Waals surface area contributed by atoms with Gasteiger partial charge in [0.2, 0.25) is 5.91 Å². The van der Waals surface area contributed by atoms with Crippen molar-refractivity contribution in [2.45, 2.75) is 39.7 Å². The van der Waals surface area contributed by atoms with Gasteiger partial charge < -0.3 is 19.3 Å². The van der Waals surface area contributed by atoms with Crippen molar-refractivity contribution in [1.82, 2.24) is 5.32 Å². The average molecular weight is 447 g/mol. The molecule has 0 spiro atoms. The topological polar surface area (TPSA) is 110 Å². The lowest BCUT2D eigenvalue weighted by atomic mass is 9.97. The molecule has 0 radical (unpaired) electrons. The highest BCUT2D eigenvalue weighted by Crippen LogP contribution is 2.34. The number of hydrogen-bond acceptors (Lipinski definition) is 5. The second-order valence-corrected chi connectivity index (χ2v) is 8.30. The zero-order valence-electron chi connectivity index (χ0n) is 18.7. The van der Waals surface area contributed by atoms with E-state index in [1.54, 1.807) is 26.2 Å². The molecule has 33 heavy (non-hydrogen) atoms. The van der Waals surface area contributed by atoms with Gasteiger partial charge in [0.25, 0.3) is 0 Å². The van der Waals surface area contributed by atoms with Crippen LogP contribution in [0.2, 0.25) is 0 Å². The van der Waals surface area contributed by atoms with Crippen LogP contribution in [-0.2, 0) is 16.0 Å². The number of furan rings is 1. The molecular weight excluding hydrogens is 422 g/mol. The number of rotatable bonds is 7. The molecule has 0 aliphatic carbocycles. The van der Waals surface area contributed by atoms with Crippen LogP contribution in [0.5, 0.6) is 0 Å². The molecule has 7 nitrogen and oxygen atoms in total. The van der Waals surface area contributed by atoms with Gasteiger partial charge in [0.15, 0.2) is 0 Å². The first-order valence-corrected chi connectivity index (χ1v) is 10.8. The number of amides is 1. The van der Waals surface area contributed by atoms with Gasteiger partial charge in [-0.05, 0) is 30.0 Å². The molecule has 2 aromatic carbocycles. The van der Waals surface area contributed by atoms with Gasteiger partial charge in [-0.3, -0.25) is 4.79 Å². The summed E-state index contributed by atoms with van der Waals surface area (Å²) in [5.41, 5.74) is 3.06. The van der Waals surface area contributed by atoms with Crippen molar-refractivity contribution in [3.8, 4) is 11.1 Å². The van der Waals surface area contributed by atoms with E-state index < -0.39 is 23.5 Å². The van der Waals surface area contributed by atoms with E-state index in [1.807, 2.05) is 43.3 Å². The molecule has 0 saturated carbocycles. The third-order valence-corrected chi connectivity index (χ3v) is 6.20. The summed E-state index contributed by atoms with van der Waals surface area (Å²) in [6, 6.07) is 12.4. The van der Waals surface area contributed by atoms with Crippen molar-refractivity contribution in [2.24, 2.45) is 5.92 Å². The van der Waals surface area contributed by atoms with E-state index in [4.69, 9.17) is 8.83 Å². The molecule has 4 aromatic rings. The smallest absolute Gasteiger partial charge is 0.340 e. The summed E-state index contributed by atoms with van der Waals surface area (Å²) in [5, 5.41) is 13.5. The summed E-state index contributed by atoms with van der Waals surface area (Å²) in [5.74, 6) is -1.88. The first-order chi connectivity index (χ1) is 15.8. The number of carbonyl (C=O) groups is 2. The third-order valence-electron chi connectivity index (χ3n) is 6.20. The Balaban J connectivity index is 1.74. The maximum atomic E-state index is 12.7. The largest absolute Gasteiger partial charge is 0.480 e.